The number of nitrogens with zero attached hydrogens (tertiary/aromatic N) is 3. The number of benzene rings is 1. The number of allylic oxidation sites excluding steroid dienone is 1. The molecule has 4 rings (SSSR count). The fourth-order valence-electron chi connectivity index (χ4n) is 3.89. The van der Waals surface area contributed by atoms with Crippen LogP contribution in [0, 0.1) is 0 Å². The van der Waals surface area contributed by atoms with E-state index in [9.17, 15) is 4.79 Å². The Hall–Kier alpha value is -3.00. The van der Waals surface area contributed by atoms with E-state index in [4.69, 9.17) is 9.15 Å². The predicted molar refractivity (Wildman–Crippen MR) is 129 cm³/mol. The maximum absolute atomic E-state index is 12.7. The number of hydrogen-bond donors (Lipinski definition) is 1. The molecule has 2 heterocycles. The third kappa shape index (κ3) is 6.07. The van der Waals surface area contributed by atoms with Gasteiger partial charge in [0.1, 0.15) is 11.5 Å². The van der Waals surface area contributed by atoms with E-state index in [1.807, 2.05) is 47.9 Å². The largest absolute Gasteiger partial charge is 0.497 e. The van der Waals surface area contributed by atoms with Crippen molar-refractivity contribution in [1.29, 1.82) is 0 Å². The number of furan rings is 1. The summed E-state index contributed by atoms with van der Waals surface area (Å²) in [7, 11) is 1.64. The van der Waals surface area contributed by atoms with Crippen LogP contribution in [0.5, 0.6) is 5.75 Å². The van der Waals surface area contributed by atoms with Gasteiger partial charge in [0.2, 0.25) is 5.91 Å². The highest BCUT2D eigenvalue weighted by Crippen LogP contribution is 2.29. The first-order chi connectivity index (χ1) is 16.1. The highest BCUT2D eigenvalue weighted by molar-refractivity contribution is 8.00. The zero-order valence-electron chi connectivity index (χ0n) is 19.1. The SMILES string of the molecule is COc1cccc(-c2nnc(SC(C)C(=O)NCCC3=CCCCC3)n2Cc2ccco2)c1. The molecule has 33 heavy (non-hydrogen) atoms. The van der Waals surface area contributed by atoms with Crippen molar-refractivity contribution in [3.8, 4) is 17.1 Å². The van der Waals surface area contributed by atoms with Crippen molar-refractivity contribution in [2.24, 2.45) is 0 Å². The Morgan fingerprint density at radius 1 is 1.27 bits per heavy atom. The molecule has 0 radical (unpaired) electrons. The van der Waals surface area contributed by atoms with E-state index < -0.39 is 0 Å². The highest BCUT2D eigenvalue weighted by Gasteiger charge is 2.22. The van der Waals surface area contributed by atoms with E-state index in [0.29, 0.717) is 24.1 Å². The second kappa shape index (κ2) is 11.2. The Balaban J connectivity index is 1.47. The maximum atomic E-state index is 12.7. The number of aromatic nitrogens is 3. The maximum Gasteiger partial charge on any atom is 0.233 e. The van der Waals surface area contributed by atoms with Crippen LogP contribution in [0.15, 0.2) is 63.9 Å². The molecule has 0 saturated heterocycles. The molecule has 1 amide bonds. The van der Waals surface area contributed by atoms with E-state index in [-0.39, 0.29) is 11.2 Å². The van der Waals surface area contributed by atoms with Gasteiger partial charge in [0.05, 0.1) is 25.2 Å². The van der Waals surface area contributed by atoms with E-state index in [0.717, 1.165) is 36.3 Å². The molecular formula is C25H30N4O3S. The number of carbonyl (C=O) groups excluding carboxylic acids is 1. The van der Waals surface area contributed by atoms with Gasteiger partial charge in [-0.2, -0.15) is 0 Å². The Morgan fingerprint density at radius 3 is 2.94 bits per heavy atom. The minimum absolute atomic E-state index is 0.00638. The molecule has 0 aliphatic heterocycles. The van der Waals surface area contributed by atoms with Crippen LogP contribution in [-0.4, -0.2) is 39.6 Å². The third-order valence-electron chi connectivity index (χ3n) is 5.72. The fourth-order valence-corrected chi connectivity index (χ4v) is 4.76. The molecule has 3 aromatic rings. The summed E-state index contributed by atoms with van der Waals surface area (Å²) in [4.78, 5) is 12.7. The quantitative estimate of drug-likeness (QED) is 0.331. The molecule has 0 spiro atoms. The smallest absolute Gasteiger partial charge is 0.233 e. The van der Waals surface area contributed by atoms with E-state index in [1.165, 1.54) is 30.2 Å². The van der Waals surface area contributed by atoms with Crippen LogP contribution in [0.3, 0.4) is 0 Å². The lowest BCUT2D eigenvalue weighted by molar-refractivity contribution is -0.120. The topological polar surface area (TPSA) is 82.2 Å². The van der Waals surface area contributed by atoms with Gasteiger partial charge in [-0.05, 0) is 63.3 Å². The van der Waals surface area contributed by atoms with Crippen molar-refractivity contribution < 1.29 is 13.9 Å². The van der Waals surface area contributed by atoms with Crippen molar-refractivity contribution in [2.75, 3.05) is 13.7 Å². The molecule has 1 aliphatic rings. The number of hydrogen-bond acceptors (Lipinski definition) is 6. The number of carbonyl (C=O) groups is 1. The number of ether oxygens (including phenoxy) is 1. The molecule has 1 atom stereocenters. The number of amides is 1. The monoisotopic (exact) mass is 466 g/mol. The van der Waals surface area contributed by atoms with Gasteiger partial charge in [0.15, 0.2) is 11.0 Å². The molecule has 174 valence electrons. The van der Waals surface area contributed by atoms with Crippen LogP contribution in [0.2, 0.25) is 0 Å². The van der Waals surface area contributed by atoms with Gasteiger partial charge in [-0.15, -0.1) is 10.2 Å². The molecule has 8 heteroatoms. The van der Waals surface area contributed by atoms with Crippen molar-refractivity contribution in [2.45, 2.75) is 56.0 Å². The fraction of sp³-hybridized carbons (Fsp3) is 0.400. The minimum Gasteiger partial charge on any atom is -0.497 e. The molecule has 1 aromatic carbocycles. The van der Waals surface area contributed by atoms with Crippen LogP contribution in [-0.2, 0) is 11.3 Å². The number of rotatable bonds is 10. The van der Waals surface area contributed by atoms with Crippen molar-refractivity contribution in [3.63, 3.8) is 0 Å². The van der Waals surface area contributed by atoms with E-state index in [1.54, 1.807) is 13.4 Å². The first-order valence-corrected chi connectivity index (χ1v) is 12.2. The predicted octanol–water partition coefficient (Wildman–Crippen LogP) is 5.08. The third-order valence-corrected chi connectivity index (χ3v) is 6.80. The van der Waals surface area contributed by atoms with Crippen LogP contribution < -0.4 is 10.1 Å². The normalized spacial score (nSPS) is 14.5. The highest BCUT2D eigenvalue weighted by atomic mass is 32.2. The van der Waals surface area contributed by atoms with Gasteiger partial charge < -0.3 is 14.5 Å². The van der Waals surface area contributed by atoms with Crippen molar-refractivity contribution in [3.05, 3.63) is 60.1 Å². The zero-order chi connectivity index (χ0) is 23.0. The molecule has 1 aliphatic carbocycles. The average Bonchev–Trinajstić information content (AvgIpc) is 3.50. The van der Waals surface area contributed by atoms with E-state index in [2.05, 4.69) is 21.6 Å². The van der Waals surface area contributed by atoms with E-state index >= 15 is 0 Å². The summed E-state index contributed by atoms with van der Waals surface area (Å²) >= 11 is 1.40. The molecule has 0 fully saturated rings. The van der Waals surface area contributed by atoms with Gasteiger partial charge in [0.25, 0.3) is 0 Å². The first-order valence-electron chi connectivity index (χ1n) is 11.4. The second-order valence-electron chi connectivity index (χ2n) is 8.11. The number of methoxy groups -OCH3 is 1. The first kappa shape index (κ1) is 23.2. The Morgan fingerprint density at radius 2 is 2.18 bits per heavy atom. The van der Waals surface area contributed by atoms with Gasteiger partial charge in [-0.25, -0.2) is 0 Å². The molecular weight excluding hydrogens is 436 g/mol. The van der Waals surface area contributed by atoms with Crippen LogP contribution in [0.1, 0.15) is 44.8 Å². The Bertz CT molecular complexity index is 1090. The molecule has 7 nitrogen and oxygen atoms in total. The van der Waals surface area contributed by atoms with Crippen molar-refractivity contribution in [1.82, 2.24) is 20.1 Å². The summed E-state index contributed by atoms with van der Waals surface area (Å²) in [6.45, 7) is 3.04. The lowest BCUT2D eigenvalue weighted by atomic mass is 9.97. The van der Waals surface area contributed by atoms with Crippen LogP contribution in [0.25, 0.3) is 11.4 Å². The summed E-state index contributed by atoms with van der Waals surface area (Å²) < 4.78 is 12.9. The van der Waals surface area contributed by atoms with Crippen LogP contribution in [0.4, 0.5) is 0 Å². The summed E-state index contributed by atoms with van der Waals surface area (Å²) in [5.74, 6) is 2.24. The average molecular weight is 467 g/mol. The molecule has 2 aromatic heterocycles. The zero-order valence-corrected chi connectivity index (χ0v) is 19.9. The molecule has 1 N–H and O–H groups in total. The van der Waals surface area contributed by atoms with Gasteiger partial charge in [0, 0.05) is 12.1 Å². The number of thioether (sulfide) groups is 1. The lowest BCUT2D eigenvalue weighted by Crippen LogP contribution is -2.32. The van der Waals surface area contributed by atoms with Crippen LogP contribution >= 0.6 is 11.8 Å². The number of nitrogens with one attached hydrogen (secondary N) is 1. The van der Waals surface area contributed by atoms with Gasteiger partial charge >= 0.3 is 0 Å². The molecule has 0 bridgehead atoms. The minimum atomic E-state index is -0.303. The molecule has 1 unspecified atom stereocenters. The summed E-state index contributed by atoms with van der Waals surface area (Å²) in [5, 5.41) is 12.3. The van der Waals surface area contributed by atoms with Gasteiger partial charge in [-0.1, -0.05) is 35.5 Å². The van der Waals surface area contributed by atoms with Gasteiger partial charge in [-0.3, -0.25) is 9.36 Å². The Kier molecular flexibility index (Phi) is 7.88. The standard InChI is InChI=1S/C25H30N4O3S/c1-18(24(30)26-14-13-19-8-4-3-5-9-19)33-25-28-27-23(20-10-6-11-21(16-20)31-2)29(25)17-22-12-7-15-32-22/h6-8,10-12,15-16,18H,3-5,9,13-14,17H2,1-2H3,(H,26,30). The lowest BCUT2D eigenvalue weighted by Gasteiger charge is -2.15. The summed E-state index contributed by atoms with van der Waals surface area (Å²) in [6.07, 6.45) is 9.75. The second-order valence-corrected chi connectivity index (χ2v) is 9.42. The Labute approximate surface area is 198 Å². The summed E-state index contributed by atoms with van der Waals surface area (Å²) in [5.41, 5.74) is 2.35. The molecule has 0 saturated carbocycles. The van der Waals surface area contributed by atoms with Crippen molar-refractivity contribution >= 4 is 17.7 Å². The summed E-state index contributed by atoms with van der Waals surface area (Å²) in [6, 6.07) is 11.5.